The number of rotatable bonds is 6. The summed E-state index contributed by atoms with van der Waals surface area (Å²) in [4.78, 5) is 0. The third-order valence-electron chi connectivity index (χ3n) is 2.73. The molecule has 0 spiro atoms. The number of hydrogen-bond donors (Lipinski definition) is 0. The Morgan fingerprint density at radius 2 is 1.42 bits per heavy atom. The Morgan fingerprint density at radius 3 is 2.00 bits per heavy atom. The van der Waals surface area contributed by atoms with E-state index in [0.29, 0.717) is 13.2 Å². The molecule has 2 aromatic rings. The number of hydrogen-bond acceptors (Lipinski definition) is 2. The standard InChI is InChI=1S/C16H17BrO2/c1-2-18-11-12-19-16-9-5-14(6-10-16)13-3-7-15(17)8-4-13/h3-10H,2,11-12H2,1H3. The van der Waals surface area contributed by atoms with Gasteiger partial charge in [0.2, 0.25) is 0 Å². The smallest absolute Gasteiger partial charge is 0.119 e. The normalized spacial score (nSPS) is 10.4. The zero-order valence-electron chi connectivity index (χ0n) is 10.9. The van der Waals surface area contributed by atoms with Crippen molar-refractivity contribution in [3.8, 4) is 16.9 Å². The molecule has 0 aromatic heterocycles. The first-order valence-corrected chi connectivity index (χ1v) is 7.15. The summed E-state index contributed by atoms with van der Waals surface area (Å²) in [5.41, 5.74) is 2.38. The zero-order valence-corrected chi connectivity index (χ0v) is 12.5. The summed E-state index contributed by atoms with van der Waals surface area (Å²) in [5, 5.41) is 0. The van der Waals surface area contributed by atoms with Gasteiger partial charge in [0.25, 0.3) is 0 Å². The molecule has 2 rings (SSSR count). The number of ether oxygens (including phenoxy) is 2. The van der Waals surface area contributed by atoms with E-state index in [1.54, 1.807) is 0 Å². The largest absolute Gasteiger partial charge is 0.491 e. The molecule has 3 heteroatoms. The second kappa shape index (κ2) is 7.31. The Morgan fingerprint density at radius 1 is 0.842 bits per heavy atom. The molecule has 0 fully saturated rings. The zero-order chi connectivity index (χ0) is 13.5. The van der Waals surface area contributed by atoms with Crippen LogP contribution in [0.15, 0.2) is 53.0 Å². The molecule has 0 aliphatic heterocycles. The molecular weight excluding hydrogens is 304 g/mol. The molecule has 0 atom stereocenters. The number of benzene rings is 2. The molecule has 19 heavy (non-hydrogen) atoms. The van der Waals surface area contributed by atoms with Crippen molar-refractivity contribution in [1.29, 1.82) is 0 Å². The lowest BCUT2D eigenvalue weighted by molar-refractivity contribution is 0.110. The molecule has 0 saturated carbocycles. The van der Waals surface area contributed by atoms with Crippen LogP contribution in [0.3, 0.4) is 0 Å². The van der Waals surface area contributed by atoms with E-state index in [9.17, 15) is 0 Å². The Labute approximate surface area is 122 Å². The van der Waals surface area contributed by atoms with E-state index in [4.69, 9.17) is 9.47 Å². The van der Waals surface area contributed by atoms with Crippen molar-refractivity contribution in [2.24, 2.45) is 0 Å². The average molecular weight is 321 g/mol. The van der Waals surface area contributed by atoms with Crippen LogP contribution in [0.1, 0.15) is 6.92 Å². The fourth-order valence-corrected chi connectivity index (χ4v) is 2.01. The average Bonchev–Trinajstić information content (AvgIpc) is 2.45. The van der Waals surface area contributed by atoms with Gasteiger partial charge in [-0.25, -0.2) is 0 Å². The van der Waals surface area contributed by atoms with Gasteiger partial charge in [0.05, 0.1) is 6.61 Å². The second-order valence-electron chi connectivity index (χ2n) is 4.08. The fraction of sp³-hybridized carbons (Fsp3) is 0.250. The van der Waals surface area contributed by atoms with Gasteiger partial charge in [0.15, 0.2) is 0 Å². The van der Waals surface area contributed by atoms with Gasteiger partial charge in [0.1, 0.15) is 12.4 Å². The molecule has 2 aromatic carbocycles. The van der Waals surface area contributed by atoms with Crippen LogP contribution in [0.25, 0.3) is 11.1 Å². The number of halogens is 1. The van der Waals surface area contributed by atoms with E-state index >= 15 is 0 Å². The van der Waals surface area contributed by atoms with Crippen molar-refractivity contribution >= 4 is 15.9 Å². The van der Waals surface area contributed by atoms with Crippen LogP contribution < -0.4 is 4.74 Å². The SMILES string of the molecule is CCOCCOc1ccc(-c2ccc(Br)cc2)cc1. The van der Waals surface area contributed by atoms with E-state index in [0.717, 1.165) is 16.8 Å². The summed E-state index contributed by atoms with van der Waals surface area (Å²) in [6.07, 6.45) is 0. The van der Waals surface area contributed by atoms with Crippen LogP contribution >= 0.6 is 15.9 Å². The summed E-state index contributed by atoms with van der Waals surface area (Å²) >= 11 is 3.44. The van der Waals surface area contributed by atoms with Crippen molar-refractivity contribution in [2.45, 2.75) is 6.92 Å². The quantitative estimate of drug-likeness (QED) is 0.728. The van der Waals surface area contributed by atoms with Crippen molar-refractivity contribution < 1.29 is 9.47 Å². The Balaban J connectivity index is 1.96. The summed E-state index contributed by atoms with van der Waals surface area (Å²) < 4.78 is 11.9. The summed E-state index contributed by atoms with van der Waals surface area (Å²) in [6.45, 7) is 3.93. The highest BCUT2D eigenvalue weighted by molar-refractivity contribution is 9.10. The molecule has 0 N–H and O–H groups in total. The topological polar surface area (TPSA) is 18.5 Å². The summed E-state index contributed by atoms with van der Waals surface area (Å²) in [7, 11) is 0. The van der Waals surface area contributed by atoms with Crippen LogP contribution in [0.5, 0.6) is 5.75 Å². The second-order valence-corrected chi connectivity index (χ2v) is 4.99. The van der Waals surface area contributed by atoms with E-state index in [2.05, 4.69) is 40.2 Å². The monoisotopic (exact) mass is 320 g/mol. The van der Waals surface area contributed by atoms with Crippen LogP contribution in [0.4, 0.5) is 0 Å². The maximum absolute atomic E-state index is 5.59. The predicted molar refractivity (Wildman–Crippen MR) is 81.6 cm³/mol. The highest BCUT2D eigenvalue weighted by Gasteiger charge is 1.99. The van der Waals surface area contributed by atoms with E-state index in [1.807, 2.05) is 31.2 Å². The molecule has 0 amide bonds. The van der Waals surface area contributed by atoms with Gasteiger partial charge < -0.3 is 9.47 Å². The molecule has 0 unspecified atom stereocenters. The molecule has 0 bridgehead atoms. The van der Waals surface area contributed by atoms with Crippen LogP contribution in [0.2, 0.25) is 0 Å². The van der Waals surface area contributed by atoms with E-state index < -0.39 is 0 Å². The van der Waals surface area contributed by atoms with Gasteiger partial charge in [-0.15, -0.1) is 0 Å². The minimum atomic E-state index is 0.589. The van der Waals surface area contributed by atoms with Crippen molar-refractivity contribution in [1.82, 2.24) is 0 Å². The predicted octanol–water partition coefficient (Wildman–Crippen LogP) is 4.53. The van der Waals surface area contributed by atoms with Gasteiger partial charge in [-0.3, -0.25) is 0 Å². The molecule has 100 valence electrons. The van der Waals surface area contributed by atoms with Crippen molar-refractivity contribution in [3.63, 3.8) is 0 Å². The first-order chi connectivity index (χ1) is 9.29. The highest BCUT2D eigenvalue weighted by Crippen LogP contribution is 2.23. The summed E-state index contributed by atoms with van der Waals surface area (Å²) in [6, 6.07) is 16.4. The molecular formula is C16H17BrO2. The lowest BCUT2D eigenvalue weighted by Gasteiger charge is -2.07. The van der Waals surface area contributed by atoms with Crippen LogP contribution in [-0.4, -0.2) is 19.8 Å². The molecule has 0 aliphatic rings. The van der Waals surface area contributed by atoms with Crippen LogP contribution in [-0.2, 0) is 4.74 Å². The third-order valence-corrected chi connectivity index (χ3v) is 3.26. The van der Waals surface area contributed by atoms with Crippen molar-refractivity contribution in [2.75, 3.05) is 19.8 Å². The molecule has 2 nitrogen and oxygen atoms in total. The van der Waals surface area contributed by atoms with Crippen molar-refractivity contribution in [3.05, 3.63) is 53.0 Å². The Hall–Kier alpha value is -1.32. The maximum atomic E-state index is 5.59. The van der Waals surface area contributed by atoms with Gasteiger partial charge >= 0.3 is 0 Å². The molecule has 0 heterocycles. The first kappa shape index (κ1) is 14.1. The van der Waals surface area contributed by atoms with E-state index in [1.165, 1.54) is 11.1 Å². The molecule has 0 saturated heterocycles. The maximum Gasteiger partial charge on any atom is 0.119 e. The minimum absolute atomic E-state index is 0.589. The molecule has 0 aliphatic carbocycles. The third kappa shape index (κ3) is 4.37. The van der Waals surface area contributed by atoms with Gasteiger partial charge in [-0.1, -0.05) is 40.2 Å². The van der Waals surface area contributed by atoms with Gasteiger partial charge in [-0.2, -0.15) is 0 Å². The Bertz CT molecular complexity index is 491. The fourth-order valence-electron chi connectivity index (χ4n) is 1.75. The lowest BCUT2D eigenvalue weighted by atomic mass is 10.1. The lowest BCUT2D eigenvalue weighted by Crippen LogP contribution is -2.06. The first-order valence-electron chi connectivity index (χ1n) is 6.36. The van der Waals surface area contributed by atoms with Gasteiger partial charge in [-0.05, 0) is 42.3 Å². The minimum Gasteiger partial charge on any atom is -0.491 e. The molecule has 0 radical (unpaired) electrons. The summed E-state index contributed by atoms with van der Waals surface area (Å²) in [5.74, 6) is 0.876. The van der Waals surface area contributed by atoms with Gasteiger partial charge in [0, 0.05) is 11.1 Å². The van der Waals surface area contributed by atoms with E-state index in [-0.39, 0.29) is 0 Å². The Kier molecular flexibility index (Phi) is 5.43. The highest BCUT2D eigenvalue weighted by atomic mass is 79.9. The van der Waals surface area contributed by atoms with Crippen LogP contribution in [0, 0.1) is 0 Å².